The molecule has 0 aliphatic rings. The fourth-order valence-electron chi connectivity index (χ4n) is 0.626. The van der Waals surface area contributed by atoms with E-state index in [0.29, 0.717) is 0 Å². The zero-order valence-corrected chi connectivity index (χ0v) is 7.97. The van der Waals surface area contributed by atoms with Crippen molar-refractivity contribution in [2.75, 3.05) is 7.11 Å². The van der Waals surface area contributed by atoms with Crippen LogP contribution < -0.4 is 20.8 Å². The van der Waals surface area contributed by atoms with Crippen LogP contribution in [0.25, 0.3) is 0 Å². The quantitative estimate of drug-likeness (QED) is 0.420. The standard InChI is InChI=1S/C7H7O.ClH.Mg/c1-8-7-5-3-2-4-6-7;;/h3-6H,1H3;1H;/q;;+1/p-1. The Kier molecular flexibility index (Phi) is 4.86. The van der Waals surface area contributed by atoms with E-state index in [4.69, 9.17) is 4.74 Å². The predicted octanol–water partition coefficient (Wildman–Crippen LogP) is -2.51. The van der Waals surface area contributed by atoms with Crippen LogP contribution in [-0.4, -0.2) is 28.8 Å². The Morgan fingerprint density at radius 3 is 2.10 bits per heavy atom. The SMILES string of the molecule is COc1cc[c]([Mg+])cc1.[Cl-]. The Hall–Kier alpha value is 0.0762. The number of ether oxygens (including phenoxy) is 1. The van der Waals surface area contributed by atoms with E-state index >= 15 is 0 Å². The summed E-state index contributed by atoms with van der Waals surface area (Å²) < 4.78 is 6.26. The molecule has 1 rings (SSSR count). The molecule has 0 radical (unpaired) electrons. The zero-order chi connectivity index (χ0) is 6.69. The molecule has 50 valence electrons. The average molecular weight is 167 g/mol. The molecule has 1 aromatic rings. The Bertz CT molecular complexity index is 185. The van der Waals surface area contributed by atoms with Gasteiger partial charge in [0.15, 0.2) is 0 Å². The number of halogens is 1. The van der Waals surface area contributed by atoms with Gasteiger partial charge in [-0.25, -0.2) is 0 Å². The third kappa shape index (κ3) is 2.77. The van der Waals surface area contributed by atoms with Gasteiger partial charge in [-0.3, -0.25) is 0 Å². The van der Waals surface area contributed by atoms with Crippen molar-refractivity contribution in [1.29, 1.82) is 0 Å². The molecule has 0 amide bonds. The van der Waals surface area contributed by atoms with Gasteiger partial charge in [0.1, 0.15) is 0 Å². The molecule has 0 unspecified atom stereocenters. The number of benzene rings is 1. The second kappa shape index (κ2) is 4.83. The summed E-state index contributed by atoms with van der Waals surface area (Å²) in [6, 6.07) is 8.00. The fourth-order valence-corrected chi connectivity index (χ4v) is 0.861. The first-order chi connectivity index (χ1) is 4.33. The first-order valence-electron chi connectivity index (χ1n) is 2.79. The van der Waals surface area contributed by atoms with E-state index in [-0.39, 0.29) is 12.4 Å². The van der Waals surface area contributed by atoms with Crippen molar-refractivity contribution in [2.45, 2.75) is 0 Å². The molecular weight excluding hydrogens is 160 g/mol. The van der Waals surface area contributed by atoms with Gasteiger partial charge >= 0.3 is 67.3 Å². The second-order valence-electron chi connectivity index (χ2n) is 1.85. The topological polar surface area (TPSA) is 9.23 Å². The van der Waals surface area contributed by atoms with Crippen LogP contribution in [0.2, 0.25) is 0 Å². The van der Waals surface area contributed by atoms with Gasteiger partial charge in [-0.2, -0.15) is 0 Å². The molecule has 1 nitrogen and oxygen atoms in total. The van der Waals surface area contributed by atoms with Crippen LogP contribution in [0, 0.1) is 0 Å². The van der Waals surface area contributed by atoms with E-state index in [1.165, 1.54) is 3.69 Å². The van der Waals surface area contributed by atoms with Crippen LogP contribution >= 0.6 is 0 Å². The van der Waals surface area contributed by atoms with Crippen molar-refractivity contribution >= 4 is 25.4 Å². The molecule has 0 saturated heterocycles. The summed E-state index contributed by atoms with van der Waals surface area (Å²) in [5.74, 6) is 0.922. The van der Waals surface area contributed by atoms with Crippen molar-refractivity contribution in [3.05, 3.63) is 24.3 Å². The van der Waals surface area contributed by atoms with E-state index in [9.17, 15) is 0 Å². The normalized spacial score (nSPS) is 8.30. The summed E-state index contributed by atoms with van der Waals surface area (Å²) in [4.78, 5) is 0. The van der Waals surface area contributed by atoms with Gasteiger partial charge in [0.25, 0.3) is 0 Å². The minimum Gasteiger partial charge on any atom is -1.00 e. The summed E-state index contributed by atoms with van der Waals surface area (Å²) in [6.07, 6.45) is 0. The summed E-state index contributed by atoms with van der Waals surface area (Å²) in [5.41, 5.74) is 0. The van der Waals surface area contributed by atoms with Crippen molar-refractivity contribution in [2.24, 2.45) is 0 Å². The Balaban J connectivity index is 0.000000810. The summed E-state index contributed by atoms with van der Waals surface area (Å²) in [7, 11) is 1.67. The van der Waals surface area contributed by atoms with Crippen LogP contribution in [0.4, 0.5) is 0 Å². The molecule has 3 heteroatoms. The molecule has 0 aliphatic heterocycles. The van der Waals surface area contributed by atoms with Gasteiger partial charge in [-0.1, -0.05) is 0 Å². The van der Waals surface area contributed by atoms with Gasteiger partial charge < -0.3 is 12.4 Å². The molecule has 0 aliphatic carbocycles. The third-order valence-electron chi connectivity index (χ3n) is 1.16. The second-order valence-corrected chi connectivity index (χ2v) is 2.66. The number of hydrogen-bond donors (Lipinski definition) is 0. The minimum atomic E-state index is 0. The van der Waals surface area contributed by atoms with E-state index in [1.54, 1.807) is 7.11 Å². The van der Waals surface area contributed by atoms with Crippen molar-refractivity contribution in [1.82, 2.24) is 0 Å². The van der Waals surface area contributed by atoms with Crippen LogP contribution in [0.5, 0.6) is 5.75 Å². The maximum absolute atomic E-state index is 4.97. The van der Waals surface area contributed by atoms with Crippen molar-refractivity contribution < 1.29 is 17.1 Å². The summed E-state index contributed by atoms with van der Waals surface area (Å²) >= 11 is 1.87. The molecule has 0 bridgehead atoms. The number of methoxy groups -OCH3 is 1. The molecule has 0 N–H and O–H groups in total. The smallest absolute Gasteiger partial charge is 1.00 e. The van der Waals surface area contributed by atoms with E-state index in [2.05, 4.69) is 0 Å². The predicted molar refractivity (Wildman–Crippen MR) is 38.4 cm³/mol. The van der Waals surface area contributed by atoms with Crippen LogP contribution in [0.15, 0.2) is 24.3 Å². The van der Waals surface area contributed by atoms with Gasteiger partial charge in [-0.15, -0.1) is 0 Å². The van der Waals surface area contributed by atoms with E-state index < -0.39 is 0 Å². The summed E-state index contributed by atoms with van der Waals surface area (Å²) in [5, 5.41) is 0. The monoisotopic (exact) mass is 166 g/mol. The zero-order valence-electron chi connectivity index (χ0n) is 5.80. The molecule has 10 heavy (non-hydrogen) atoms. The molecule has 0 aromatic heterocycles. The first-order valence-corrected chi connectivity index (χ1v) is 3.49. The molecule has 0 fully saturated rings. The first kappa shape index (κ1) is 10.1. The van der Waals surface area contributed by atoms with Crippen molar-refractivity contribution in [3.8, 4) is 5.75 Å². The maximum atomic E-state index is 4.97. The molecular formula is C7H7ClMgO. The van der Waals surface area contributed by atoms with Crippen molar-refractivity contribution in [3.63, 3.8) is 0 Å². The Labute approximate surface area is 79.6 Å². The minimum absolute atomic E-state index is 0. The number of hydrogen-bond acceptors (Lipinski definition) is 1. The number of rotatable bonds is 1. The van der Waals surface area contributed by atoms with Gasteiger partial charge in [0.05, 0.1) is 0 Å². The van der Waals surface area contributed by atoms with E-state index in [1.807, 2.05) is 46.0 Å². The van der Waals surface area contributed by atoms with E-state index in [0.717, 1.165) is 5.75 Å². The van der Waals surface area contributed by atoms with Crippen LogP contribution in [-0.2, 0) is 0 Å². The third-order valence-corrected chi connectivity index (χ3v) is 1.63. The van der Waals surface area contributed by atoms with Gasteiger partial charge in [0, 0.05) is 0 Å². The molecule has 0 saturated carbocycles. The summed E-state index contributed by atoms with van der Waals surface area (Å²) in [6.45, 7) is 0. The molecule has 0 atom stereocenters. The average Bonchev–Trinajstić information content (AvgIpc) is 1.90. The van der Waals surface area contributed by atoms with Gasteiger partial charge in [0.2, 0.25) is 0 Å². The largest absolute Gasteiger partial charge is 1.00 e. The van der Waals surface area contributed by atoms with Gasteiger partial charge in [-0.05, 0) is 0 Å². The molecule has 0 spiro atoms. The Morgan fingerprint density at radius 1 is 1.20 bits per heavy atom. The molecule has 1 aromatic carbocycles. The van der Waals surface area contributed by atoms with Crippen LogP contribution in [0.1, 0.15) is 0 Å². The Morgan fingerprint density at radius 2 is 1.70 bits per heavy atom. The molecule has 0 heterocycles. The maximum Gasteiger partial charge on any atom is -1.00 e. The van der Waals surface area contributed by atoms with Crippen LogP contribution in [0.3, 0.4) is 0 Å². The fraction of sp³-hybridized carbons (Fsp3) is 0.143.